The molecule has 0 aliphatic heterocycles. The van der Waals surface area contributed by atoms with Crippen LogP contribution in [0.1, 0.15) is 54.4 Å². The van der Waals surface area contributed by atoms with Gasteiger partial charge in [-0.15, -0.1) is 0 Å². The maximum Gasteiger partial charge on any atom is 0.326 e. The minimum Gasteiger partial charge on any atom is -0.465 e. The third-order valence-corrected chi connectivity index (χ3v) is 2.65. The maximum absolute atomic E-state index is 11.9. The van der Waals surface area contributed by atoms with Gasteiger partial charge in [-0.25, -0.2) is 0 Å². The molecule has 0 saturated heterocycles. The Morgan fingerprint density at radius 2 is 1.78 bits per heavy atom. The maximum atomic E-state index is 11.9. The highest BCUT2D eigenvalue weighted by Crippen LogP contribution is 2.16. The number of likely N-dealkylation sites (N-methyl/N-ethyl adjacent to an activating group) is 1. The second-order valence-corrected chi connectivity index (χ2v) is 5.65. The minimum atomic E-state index is -0.605. The summed E-state index contributed by atoms with van der Waals surface area (Å²) in [6.07, 6.45) is 1.55. The minimum absolute atomic E-state index is 0.126. The summed E-state index contributed by atoms with van der Waals surface area (Å²) < 4.78 is 10.8. The van der Waals surface area contributed by atoms with Crippen molar-refractivity contribution >= 4 is 5.97 Å². The number of hydrogen-bond donors (Lipinski definition) is 1. The van der Waals surface area contributed by atoms with Crippen LogP contribution in [0.2, 0.25) is 0 Å². The van der Waals surface area contributed by atoms with Gasteiger partial charge in [-0.05, 0) is 54.0 Å². The van der Waals surface area contributed by atoms with Crippen LogP contribution in [0.15, 0.2) is 0 Å². The van der Waals surface area contributed by atoms with Gasteiger partial charge in [0.1, 0.15) is 5.54 Å². The highest BCUT2D eigenvalue weighted by Gasteiger charge is 2.33. The van der Waals surface area contributed by atoms with Crippen molar-refractivity contribution in [3.05, 3.63) is 0 Å². The summed E-state index contributed by atoms with van der Waals surface area (Å²) in [7, 11) is 0. The third kappa shape index (κ3) is 6.97. The quantitative estimate of drug-likeness (QED) is 0.537. The van der Waals surface area contributed by atoms with E-state index in [4.69, 9.17) is 9.47 Å². The molecule has 0 aliphatic carbocycles. The Labute approximate surface area is 111 Å². The van der Waals surface area contributed by atoms with Gasteiger partial charge in [-0.2, -0.15) is 0 Å². The van der Waals surface area contributed by atoms with Gasteiger partial charge in [0.2, 0.25) is 0 Å². The first kappa shape index (κ1) is 17.4. The Morgan fingerprint density at radius 3 is 2.22 bits per heavy atom. The van der Waals surface area contributed by atoms with E-state index in [-0.39, 0.29) is 11.6 Å². The molecule has 0 bridgehead atoms. The van der Waals surface area contributed by atoms with Crippen molar-refractivity contribution in [2.75, 3.05) is 19.8 Å². The van der Waals surface area contributed by atoms with Crippen LogP contribution in [-0.2, 0) is 14.3 Å². The smallest absolute Gasteiger partial charge is 0.326 e. The molecule has 0 aromatic rings. The summed E-state index contributed by atoms with van der Waals surface area (Å²) in [5.41, 5.74) is -0.732. The predicted octanol–water partition coefficient (Wildman–Crippen LogP) is 2.51. The standard InChI is InChI=1S/C14H29NO3/c1-7-15-14(6,12(16)17-8-2)10-9-11-18-13(3,4)5/h15H,7-11H2,1-6H3. The second-order valence-electron chi connectivity index (χ2n) is 5.65. The molecular formula is C14H29NO3. The fourth-order valence-electron chi connectivity index (χ4n) is 1.75. The molecule has 18 heavy (non-hydrogen) atoms. The Balaban J connectivity index is 4.22. The molecule has 0 aromatic carbocycles. The number of ether oxygens (including phenoxy) is 2. The SMILES string of the molecule is CCNC(C)(CCCOC(C)(C)C)C(=O)OCC. The Morgan fingerprint density at radius 1 is 1.17 bits per heavy atom. The molecule has 0 heterocycles. The van der Waals surface area contributed by atoms with E-state index >= 15 is 0 Å². The van der Waals surface area contributed by atoms with Crippen molar-refractivity contribution in [3.63, 3.8) is 0 Å². The molecule has 0 saturated carbocycles. The van der Waals surface area contributed by atoms with Gasteiger partial charge in [0, 0.05) is 6.61 Å². The number of rotatable bonds is 8. The molecule has 108 valence electrons. The van der Waals surface area contributed by atoms with Crippen LogP contribution in [0.5, 0.6) is 0 Å². The lowest BCUT2D eigenvalue weighted by atomic mass is 9.96. The highest BCUT2D eigenvalue weighted by atomic mass is 16.5. The molecule has 0 rings (SSSR count). The summed E-state index contributed by atoms with van der Waals surface area (Å²) >= 11 is 0. The van der Waals surface area contributed by atoms with Crippen molar-refractivity contribution in [1.29, 1.82) is 0 Å². The molecule has 0 aliphatic rings. The zero-order chi connectivity index (χ0) is 14.2. The number of nitrogens with one attached hydrogen (secondary N) is 1. The number of hydrogen-bond acceptors (Lipinski definition) is 4. The summed E-state index contributed by atoms with van der Waals surface area (Å²) in [6, 6.07) is 0. The molecule has 0 amide bonds. The molecular weight excluding hydrogens is 230 g/mol. The van der Waals surface area contributed by atoms with Crippen LogP contribution < -0.4 is 5.32 Å². The molecule has 4 heteroatoms. The zero-order valence-corrected chi connectivity index (χ0v) is 12.8. The number of carbonyl (C=O) groups is 1. The zero-order valence-electron chi connectivity index (χ0n) is 12.8. The topological polar surface area (TPSA) is 47.6 Å². The van der Waals surface area contributed by atoms with Crippen LogP contribution in [-0.4, -0.2) is 36.9 Å². The van der Waals surface area contributed by atoms with Gasteiger partial charge in [0.15, 0.2) is 0 Å². The number of esters is 1. The number of carbonyl (C=O) groups excluding carboxylic acids is 1. The van der Waals surface area contributed by atoms with Gasteiger partial charge in [0.05, 0.1) is 12.2 Å². The highest BCUT2D eigenvalue weighted by molar-refractivity contribution is 5.80. The molecule has 1 atom stereocenters. The van der Waals surface area contributed by atoms with Gasteiger partial charge < -0.3 is 14.8 Å². The first-order chi connectivity index (χ1) is 8.25. The lowest BCUT2D eigenvalue weighted by molar-refractivity contribution is -0.151. The van der Waals surface area contributed by atoms with E-state index in [2.05, 4.69) is 5.32 Å². The summed E-state index contributed by atoms with van der Waals surface area (Å²) in [4.78, 5) is 11.9. The van der Waals surface area contributed by atoms with E-state index in [1.165, 1.54) is 0 Å². The van der Waals surface area contributed by atoms with Crippen molar-refractivity contribution < 1.29 is 14.3 Å². The van der Waals surface area contributed by atoms with Crippen molar-refractivity contribution in [2.45, 2.75) is 65.5 Å². The Hall–Kier alpha value is -0.610. The average Bonchev–Trinajstić information content (AvgIpc) is 2.24. The predicted molar refractivity (Wildman–Crippen MR) is 73.7 cm³/mol. The van der Waals surface area contributed by atoms with Crippen LogP contribution in [0.25, 0.3) is 0 Å². The normalized spacial score (nSPS) is 15.2. The van der Waals surface area contributed by atoms with Crippen LogP contribution >= 0.6 is 0 Å². The Bertz CT molecular complexity index is 248. The lowest BCUT2D eigenvalue weighted by Gasteiger charge is -2.28. The van der Waals surface area contributed by atoms with E-state index in [1.54, 1.807) is 0 Å². The first-order valence-electron chi connectivity index (χ1n) is 6.81. The molecule has 0 spiro atoms. The van der Waals surface area contributed by atoms with E-state index in [0.717, 1.165) is 19.4 Å². The fraction of sp³-hybridized carbons (Fsp3) is 0.929. The van der Waals surface area contributed by atoms with E-state index in [0.29, 0.717) is 13.2 Å². The molecule has 1 N–H and O–H groups in total. The van der Waals surface area contributed by atoms with E-state index in [1.807, 2.05) is 41.5 Å². The van der Waals surface area contributed by atoms with Crippen molar-refractivity contribution in [1.82, 2.24) is 5.32 Å². The van der Waals surface area contributed by atoms with Gasteiger partial charge >= 0.3 is 5.97 Å². The largest absolute Gasteiger partial charge is 0.465 e. The van der Waals surface area contributed by atoms with Gasteiger partial charge in [0.25, 0.3) is 0 Å². The Kier molecular flexibility index (Phi) is 7.48. The average molecular weight is 259 g/mol. The van der Waals surface area contributed by atoms with Crippen molar-refractivity contribution in [2.24, 2.45) is 0 Å². The fourth-order valence-corrected chi connectivity index (χ4v) is 1.75. The first-order valence-corrected chi connectivity index (χ1v) is 6.81. The van der Waals surface area contributed by atoms with Gasteiger partial charge in [-0.1, -0.05) is 6.92 Å². The molecule has 0 fully saturated rings. The van der Waals surface area contributed by atoms with Crippen LogP contribution in [0, 0.1) is 0 Å². The van der Waals surface area contributed by atoms with Crippen LogP contribution in [0.4, 0.5) is 0 Å². The third-order valence-electron chi connectivity index (χ3n) is 2.65. The van der Waals surface area contributed by atoms with Crippen molar-refractivity contribution in [3.8, 4) is 0 Å². The summed E-state index contributed by atoms with van der Waals surface area (Å²) in [6.45, 7) is 13.6. The molecule has 4 nitrogen and oxygen atoms in total. The lowest BCUT2D eigenvalue weighted by Crippen LogP contribution is -2.50. The summed E-state index contributed by atoms with van der Waals surface area (Å²) in [5.74, 6) is -0.178. The second kappa shape index (κ2) is 7.74. The van der Waals surface area contributed by atoms with Gasteiger partial charge in [-0.3, -0.25) is 4.79 Å². The van der Waals surface area contributed by atoms with Crippen LogP contribution in [0.3, 0.4) is 0 Å². The molecule has 0 aromatic heterocycles. The van der Waals surface area contributed by atoms with E-state index < -0.39 is 5.54 Å². The summed E-state index contributed by atoms with van der Waals surface area (Å²) in [5, 5.41) is 3.21. The molecule has 1 unspecified atom stereocenters. The van der Waals surface area contributed by atoms with E-state index in [9.17, 15) is 4.79 Å². The monoisotopic (exact) mass is 259 g/mol. The molecule has 0 radical (unpaired) electrons.